The van der Waals surface area contributed by atoms with E-state index in [1.165, 1.54) is 5.56 Å². The zero-order chi connectivity index (χ0) is 19.1. The van der Waals surface area contributed by atoms with E-state index in [-0.39, 0.29) is 29.4 Å². The van der Waals surface area contributed by atoms with Crippen LogP contribution in [0.1, 0.15) is 32.1 Å². The molecule has 1 aliphatic heterocycles. The summed E-state index contributed by atoms with van der Waals surface area (Å²) in [7, 11) is 0. The highest BCUT2D eigenvalue weighted by Gasteiger charge is 2.23. The molecule has 0 amide bonds. The van der Waals surface area contributed by atoms with Gasteiger partial charge in [0.25, 0.3) is 0 Å². The second kappa shape index (κ2) is 10.6. The number of rotatable bonds is 7. The van der Waals surface area contributed by atoms with Crippen LogP contribution in [0.15, 0.2) is 46.0 Å². The second-order valence-corrected chi connectivity index (χ2v) is 7.19. The lowest BCUT2D eigenvalue weighted by atomic mass is 9.84. The molecule has 0 spiro atoms. The second-order valence-electron chi connectivity index (χ2n) is 7.19. The molecule has 2 heterocycles. The lowest BCUT2D eigenvalue weighted by Gasteiger charge is -2.26. The van der Waals surface area contributed by atoms with Gasteiger partial charge in [0.05, 0.1) is 12.8 Å². The van der Waals surface area contributed by atoms with E-state index in [0.29, 0.717) is 19.8 Å². The van der Waals surface area contributed by atoms with Crippen molar-refractivity contribution < 1.29 is 13.9 Å². The van der Waals surface area contributed by atoms with Gasteiger partial charge in [-0.15, -0.1) is 24.0 Å². The molecule has 7 heteroatoms. The normalized spacial score (nSPS) is 13.6. The first-order valence-corrected chi connectivity index (χ1v) is 9.53. The molecule has 28 heavy (non-hydrogen) atoms. The largest absolute Gasteiger partial charge is 0.486 e. The van der Waals surface area contributed by atoms with Gasteiger partial charge < -0.3 is 24.5 Å². The van der Waals surface area contributed by atoms with Crippen LogP contribution in [-0.2, 0) is 11.8 Å². The number of furan rings is 1. The van der Waals surface area contributed by atoms with E-state index < -0.39 is 0 Å². The molecular weight excluding hydrogens is 469 g/mol. The van der Waals surface area contributed by atoms with Crippen molar-refractivity contribution in [2.75, 3.05) is 32.8 Å². The highest BCUT2D eigenvalue weighted by molar-refractivity contribution is 14.0. The molecule has 1 aromatic heterocycles. The zero-order valence-corrected chi connectivity index (χ0v) is 19.1. The minimum absolute atomic E-state index is 0. The molecule has 0 fully saturated rings. The van der Waals surface area contributed by atoms with Crippen LogP contribution in [0.2, 0.25) is 0 Å². The fourth-order valence-corrected chi connectivity index (χ4v) is 2.93. The van der Waals surface area contributed by atoms with Gasteiger partial charge in [-0.1, -0.05) is 19.9 Å². The quantitative estimate of drug-likeness (QED) is 0.345. The topological polar surface area (TPSA) is 68.0 Å². The highest BCUT2D eigenvalue weighted by Crippen LogP contribution is 2.35. The van der Waals surface area contributed by atoms with Crippen LogP contribution in [0, 0.1) is 0 Å². The van der Waals surface area contributed by atoms with Crippen molar-refractivity contribution >= 4 is 29.9 Å². The summed E-state index contributed by atoms with van der Waals surface area (Å²) >= 11 is 0. The van der Waals surface area contributed by atoms with E-state index in [9.17, 15) is 0 Å². The zero-order valence-electron chi connectivity index (χ0n) is 16.8. The maximum Gasteiger partial charge on any atom is 0.191 e. The minimum atomic E-state index is -0.126. The van der Waals surface area contributed by atoms with Crippen molar-refractivity contribution in [3.05, 3.63) is 47.9 Å². The molecule has 1 aliphatic rings. The summed E-state index contributed by atoms with van der Waals surface area (Å²) in [4.78, 5) is 4.78. The summed E-state index contributed by atoms with van der Waals surface area (Å²) in [5, 5.41) is 6.67. The average molecular weight is 499 g/mol. The molecule has 6 nitrogen and oxygen atoms in total. The molecule has 2 N–H and O–H groups in total. The third-order valence-electron chi connectivity index (χ3n) is 4.54. The molecule has 0 bridgehead atoms. The van der Waals surface area contributed by atoms with Gasteiger partial charge in [0.15, 0.2) is 17.5 Å². The van der Waals surface area contributed by atoms with Crippen LogP contribution >= 0.6 is 24.0 Å². The van der Waals surface area contributed by atoms with Crippen molar-refractivity contribution in [3.8, 4) is 11.5 Å². The van der Waals surface area contributed by atoms with Gasteiger partial charge in [-0.25, -0.2) is 0 Å². The fourth-order valence-electron chi connectivity index (χ4n) is 2.93. The Morgan fingerprint density at radius 3 is 2.61 bits per heavy atom. The number of aliphatic imine (C=N–C) groups is 1. The van der Waals surface area contributed by atoms with Crippen molar-refractivity contribution in [2.24, 2.45) is 4.99 Å². The van der Waals surface area contributed by atoms with Crippen LogP contribution in [-0.4, -0.2) is 38.8 Å². The first-order chi connectivity index (χ1) is 13.1. The molecule has 0 radical (unpaired) electrons. The average Bonchev–Trinajstić information content (AvgIpc) is 3.19. The number of hydrogen-bond donors (Lipinski definition) is 2. The molecule has 154 valence electrons. The van der Waals surface area contributed by atoms with Crippen molar-refractivity contribution in [2.45, 2.75) is 32.6 Å². The molecule has 0 aliphatic carbocycles. The molecule has 0 saturated heterocycles. The van der Waals surface area contributed by atoms with Crippen molar-refractivity contribution in [1.29, 1.82) is 0 Å². The van der Waals surface area contributed by atoms with Gasteiger partial charge in [0.2, 0.25) is 0 Å². The molecule has 3 rings (SSSR count). The Morgan fingerprint density at radius 1 is 1.11 bits per heavy atom. The lowest BCUT2D eigenvalue weighted by molar-refractivity contribution is 0.171. The van der Waals surface area contributed by atoms with Crippen LogP contribution in [0.3, 0.4) is 0 Å². The summed E-state index contributed by atoms with van der Waals surface area (Å²) in [6, 6.07) is 10.0. The number of hydrogen-bond acceptors (Lipinski definition) is 4. The molecular formula is C21H30IN3O3. The van der Waals surface area contributed by atoms with Gasteiger partial charge in [0.1, 0.15) is 19.0 Å². The Balaban J connectivity index is 0.00000280. The Kier molecular flexibility index (Phi) is 8.47. The summed E-state index contributed by atoms with van der Waals surface area (Å²) < 4.78 is 16.7. The van der Waals surface area contributed by atoms with Crippen LogP contribution in [0.5, 0.6) is 11.5 Å². The maximum absolute atomic E-state index is 5.72. The van der Waals surface area contributed by atoms with Crippen molar-refractivity contribution in [1.82, 2.24) is 10.6 Å². The van der Waals surface area contributed by atoms with Gasteiger partial charge >= 0.3 is 0 Å². The Morgan fingerprint density at radius 2 is 1.89 bits per heavy atom. The number of guanidine groups is 1. The number of halogens is 1. The summed E-state index contributed by atoms with van der Waals surface area (Å²) in [5.74, 6) is 3.42. The fraction of sp³-hybridized carbons (Fsp3) is 0.476. The van der Waals surface area contributed by atoms with E-state index in [1.807, 2.05) is 18.2 Å². The first-order valence-electron chi connectivity index (χ1n) is 9.53. The predicted molar refractivity (Wildman–Crippen MR) is 122 cm³/mol. The van der Waals surface area contributed by atoms with Crippen LogP contribution < -0.4 is 20.1 Å². The van der Waals surface area contributed by atoms with E-state index >= 15 is 0 Å². The maximum atomic E-state index is 5.72. The Labute approximate surface area is 184 Å². The monoisotopic (exact) mass is 499 g/mol. The molecule has 0 unspecified atom stereocenters. The van der Waals surface area contributed by atoms with Gasteiger partial charge in [-0.3, -0.25) is 4.99 Å². The molecule has 1 aromatic carbocycles. The van der Waals surface area contributed by atoms with Gasteiger partial charge in [0, 0.05) is 24.9 Å². The lowest BCUT2D eigenvalue weighted by Crippen LogP contribution is -2.39. The number of ether oxygens (including phenoxy) is 2. The predicted octanol–water partition coefficient (Wildman–Crippen LogP) is 3.74. The molecule has 0 saturated carbocycles. The van der Waals surface area contributed by atoms with Gasteiger partial charge in [-0.2, -0.15) is 0 Å². The third kappa shape index (κ3) is 6.05. The van der Waals surface area contributed by atoms with E-state index in [1.54, 1.807) is 6.26 Å². The van der Waals surface area contributed by atoms with Crippen LogP contribution in [0.25, 0.3) is 0 Å². The van der Waals surface area contributed by atoms with Crippen LogP contribution in [0.4, 0.5) is 0 Å². The number of fused-ring (bicyclic) bond motifs is 1. The highest BCUT2D eigenvalue weighted by atomic mass is 127. The Bertz CT molecular complexity index is 760. The van der Waals surface area contributed by atoms with E-state index in [0.717, 1.165) is 42.7 Å². The van der Waals surface area contributed by atoms with Gasteiger partial charge in [-0.05, 0) is 36.8 Å². The molecule has 0 atom stereocenters. The van der Waals surface area contributed by atoms with Crippen molar-refractivity contribution in [3.63, 3.8) is 0 Å². The summed E-state index contributed by atoms with van der Waals surface area (Å²) in [6.45, 7) is 9.89. The number of nitrogens with zero attached hydrogens (tertiary/aromatic N) is 1. The Hall–Kier alpha value is -1.90. The SMILES string of the molecule is CCNC(=NCC(C)(C)c1ccc2c(c1)OCCO2)NCCc1ccco1.I. The van der Waals surface area contributed by atoms with E-state index in [2.05, 4.69) is 43.5 Å². The molecule has 2 aromatic rings. The first kappa shape index (κ1) is 22.4. The minimum Gasteiger partial charge on any atom is -0.486 e. The van der Waals surface area contributed by atoms with E-state index in [4.69, 9.17) is 18.9 Å². The smallest absolute Gasteiger partial charge is 0.191 e. The summed E-state index contributed by atoms with van der Waals surface area (Å²) in [5.41, 5.74) is 1.06. The summed E-state index contributed by atoms with van der Waals surface area (Å²) in [6.07, 6.45) is 2.52. The number of benzene rings is 1. The number of nitrogens with one attached hydrogen (secondary N) is 2. The third-order valence-corrected chi connectivity index (χ3v) is 4.54. The standard InChI is InChI=1S/C21H29N3O3.HI/c1-4-22-20(23-10-9-17-6-5-11-25-17)24-15-21(2,3)16-7-8-18-19(14-16)27-13-12-26-18;/h5-8,11,14H,4,9-10,12-13,15H2,1-3H3,(H2,22,23,24);1H.